The first kappa shape index (κ1) is 20.0. The normalized spacial score (nSPS) is 14.2. The Morgan fingerprint density at radius 1 is 1.24 bits per heavy atom. The first-order chi connectivity index (χ1) is 11.8. The third-order valence-corrected chi connectivity index (χ3v) is 4.93. The van der Waals surface area contributed by atoms with Gasteiger partial charge in [0, 0.05) is 30.5 Å². The number of methoxy groups -OCH3 is 1. The van der Waals surface area contributed by atoms with Crippen molar-refractivity contribution >= 4 is 15.9 Å². The van der Waals surface area contributed by atoms with Crippen LogP contribution in [0.1, 0.15) is 36.8 Å². The smallest absolute Gasteiger partial charge is 0.175 e. The molecule has 1 heterocycles. The van der Waals surface area contributed by atoms with E-state index in [0.717, 1.165) is 28.1 Å². The lowest BCUT2D eigenvalue weighted by molar-refractivity contribution is -0.00000548. The van der Waals surface area contributed by atoms with Gasteiger partial charge in [0.15, 0.2) is 11.5 Å². The number of rotatable bonds is 7. The molecule has 1 aromatic heterocycles. The van der Waals surface area contributed by atoms with Crippen LogP contribution in [0.25, 0.3) is 0 Å². The number of aromatic nitrogens is 1. The predicted molar refractivity (Wildman–Crippen MR) is 98.4 cm³/mol. The van der Waals surface area contributed by atoms with Crippen LogP contribution in [0, 0.1) is 0 Å². The Morgan fingerprint density at radius 2 is 2.04 bits per heavy atom. The van der Waals surface area contributed by atoms with Crippen LogP contribution in [0.2, 0.25) is 0 Å². The van der Waals surface area contributed by atoms with Gasteiger partial charge in [0.25, 0.3) is 0 Å². The van der Waals surface area contributed by atoms with Gasteiger partial charge in [-0.2, -0.15) is 0 Å². The summed E-state index contributed by atoms with van der Waals surface area (Å²) in [4.78, 5) is 4.11. The average Bonchev–Trinajstić information content (AvgIpc) is 3.13. The first-order valence-electron chi connectivity index (χ1n) is 8.38. The zero-order valence-corrected chi connectivity index (χ0v) is 16.6. The fraction of sp³-hybridized carbons (Fsp3) is 0.421. The number of nitrogens with one attached hydrogen (secondary N) is 1. The van der Waals surface area contributed by atoms with Crippen molar-refractivity contribution in [3.8, 4) is 11.5 Å². The Kier molecular flexibility index (Phi) is 8.00. The molecule has 0 saturated heterocycles. The fourth-order valence-corrected chi connectivity index (χ4v) is 3.65. The summed E-state index contributed by atoms with van der Waals surface area (Å²) in [6, 6.07) is 8.70. The minimum atomic E-state index is 0. The second-order valence-corrected chi connectivity index (χ2v) is 6.98. The van der Waals surface area contributed by atoms with E-state index in [1.54, 1.807) is 19.5 Å². The van der Waals surface area contributed by atoms with Crippen molar-refractivity contribution < 1.29 is 21.9 Å². The third-order valence-electron chi connectivity index (χ3n) is 4.35. The van der Waals surface area contributed by atoms with Gasteiger partial charge in [-0.05, 0) is 52.5 Å². The molecule has 0 unspecified atom stereocenters. The van der Waals surface area contributed by atoms with E-state index in [4.69, 9.17) is 9.47 Å². The highest BCUT2D eigenvalue weighted by Gasteiger charge is 2.16. The molecule has 1 aromatic carbocycles. The van der Waals surface area contributed by atoms with Gasteiger partial charge in [0.1, 0.15) is 6.61 Å². The zero-order valence-electron chi connectivity index (χ0n) is 14.3. The summed E-state index contributed by atoms with van der Waals surface area (Å²) in [5.74, 6) is 1.47. The van der Waals surface area contributed by atoms with E-state index in [-0.39, 0.29) is 12.4 Å². The molecule has 0 aliphatic heterocycles. The lowest BCUT2D eigenvalue weighted by Crippen LogP contribution is -3.00. The molecular formula is C19H23BrClN2O2-. The van der Waals surface area contributed by atoms with Crippen molar-refractivity contribution in [3.05, 3.63) is 52.3 Å². The highest BCUT2D eigenvalue weighted by atomic mass is 79.9. The van der Waals surface area contributed by atoms with E-state index >= 15 is 0 Å². The molecule has 0 atom stereocenters. The van der Waals surface area contributed by atoms with Gasteiger partial charge in [-0.15, -0.1) is 0 Å². The number of pyridine rings is 1. The molecular weight excluding hydrogens is 404 g/mol. The lowest BCUT2D eigenvalue weighted by Gasteiger charge is -2.16. The van der Waals surface area contributed by atoms with Crippen molar-refractivity contribution in [3.63, 3.8) is 0 Å². The van der Waals surface area contributed by atoms with E-state index in [0.29, 0.717) is 12.6 Å². The molecule has 0 radical (unpaired) electrons. The largest absolute Gasteiger partial charge is 1.00 e. The van der Waals surface area contributed by atoms with Gasteiger partial charge >= 0.3 is 0 Å². The molecule has 1 aliphatic rings. The van der Waals surface area contributed by atoms with E-state index in [9.17, 15) is 0 Å². The van der Waals surface area contributed by atoms with E-state index < -0.39 is 0 Å². The molecule has 1 saturated carbocycles. The summed E-state index contributed by atoms with van der Waals surface area (Å²) < 4.78 is 12.4. The van der Waals surface area contributed by atoms with Gasteiger partial charge in [-0.25, -0.2) is 0 Å². The number of hydrogen-bond acceptors (Lipinski definition) is 4. The second kappa shape index (κ2) is 10.00. The standard InChI is InChI=1S/C19H23BrN2O2.ClH/c1-23-18-10-15(12-22-16-6-2-3-7-16)9-17(20)19(18)24-13-14-5-4-8-21-11-14;/h4-5,8-11,16,22H,2-3,6-7,12-13H2,1H3;1H/p-1. The summed E-state index contributed by atoms with van der Waals surface area (Å²) in [5.41, 5.74) is 2.22. The highest BCUT2D eigenvalue weighted by Crippen LogP contribution is 2.37. The van der Waals surface area contributed by atoms with Crippen LogP contribution in [-0.4, -0.2) is 18.1 Å². The number of hydrogen-bond donors (Lipinski definition) is 1. The predicted octanol–water partition coefficient (Wildman–Crippen LogP) is 1.47. The zero-order chi connectivity index (χ0) is 16.8. The number of nitrogens with zero attached hydrogens (tertiary/aromatic N) is 1. The molecule has 1 N–H and O–H groups in total. The van der Waals surface area contributed by atoms with Gasteiger partial charge in [0.2, 0.25) is 0 Å². The maximum Gasteiger partial charge on any atom is 0.175 e. The van der Waals surface area contributed by atoms with Gasteiger partial charge in [-0.1, -0.05) is 18.9 Å². The first-order valence-corrected chi connectivity index (χ1v) is 9.17. The molecule has 1 aliphatic carbocycles. The summed E-state index contributed by atoms with van der Waals surface area (Å²) in [7, 11) is 1.67. The minimum Gasteiger partial charge on any atom is -1.00 e. The lowest BCUT2D eigenvalue weighted by atomic mass is 10.1. The summed E-state index contributed by atoms with van der Waals surface area (Å²) in [5, 5.41) is 3.63. The van der Waals surface area contributed by atoms with Crippen molar-refractivity contribution in [2.75, 3.05) is 7.11 Å². The minimum absolute atomic E-state index is 0. The van der Waals surface area contributed by atoms with Crippen molar-refractivity contribution in [2.45, 2.75) is 44.9 Å². The SMILES string of the molecule is COc1cc(CNC2CCCC2)cc(Br)c1OCc1cccnc1.[Cl-]. The summed E-state index contributed by atoms with van der Waals surface area (Å²) >= 11 is 3.62. The second-order valence-electron chi connectivity index (χ2n) is 6.12. The molecule has 6 heteroatoms. The quantitative estimate of drug-likeness (QED) is 0.728. The molecule has 1 fully saturated rings. The van der Waals surface area contributed by atoms with Crippen LogP contribution < -0.4 is 27.2 Å². The molecule has 0 spiro atoms. The molecule has 3 rings (SSSR count). The Hall–Kier alpha value is -1.30. The topological polar surface area (TPSA) is 43.4 Å². The number of ether oxygens (including phenoxy) is 2. The molecule has 4 nitrogen and oxygen atoms in total. The van der Waals surface area contributed by atoms with E-state index in [1.807, 2.05) is 18.2 Å². The van der Waals surface area contributed by atoms with Crippen LogP contribution in [0.5, 0.6) is 11.5 Å². The monoisotopic (exact) mass is 425 g/mol. The molecule has 2 aromatic rings. The Morgan fingerprint density at radius 3 is 2.72 bits per heavy atom. The van der Waals surface area contributed by atoms with Crippen LogP contribution >= 0.6 is 15.9 Å². The van der Waals surface area contributed by atoms with Crippen molar-refractivity contribution in [1.82, 2.24) is 10.3 Å². The van der Waals surface area contributed by atoms with Crippen LogP contribution in [0.3, 0.4) is 0 Å². The van der Waals surface area contributed by atoms with Gasteiger partial charge in [0.05, 0.1) is 11.6 Å². The summed E-state index contributed by atoms with van der Waals surface area (Å²) in [6.45, 7) is 1.31. The number of halogens is 2. The van der Waals surface area contributed by atoms with Crippen molar-refractivity contribution in [2.24, 2.45) is 0 Å². The Bertz CT molecular complexity index is 664. The molecule has 25 heavy (non-hydrogen) atoms. The maximum atomic E-state index is 5.95. The van der Waals surface area contributed by atoms with Gasteiger partial charge < -0.3 is 27.2 Å². The van der Waals surface area contributed by atoms with Crippen LogP contribution in [0.4, 0.5) is 0 Å². The summed E-state index contributed by atoms with van der Waals surface area (Å²) in [6.07, 6.45) is 8.80. The molecule has 136 valence electrons. The Labute approximate surface area is 163 Å². The van der Waals surface area contributed by atoms with Crippen LogP contribution in [-0.2, 0) is 13.2 Å². The van der Waals surface area contributed by atoms with E-state index in [1.165, 1.54) is 31.2 Å². The Balaban J connectivity index is 0.00000225. The third kappa shape index (κ3) is 5.59. The van der Waals surface area contributed by atoms with Gasteiger partial charge in [-0.3, -0.25) is 4.98 Å². The molecule has 0 bridgehead atoms. The fourth-order valence-electron chi connectivity index (χ4n) is 3.05. The highest BCUT2D eigenvalue weighted by molar-refractivity contribution is 9.10. The maximum absolute atomic E-state index is 5.95. The average molecular weight is 427 g/mol. The molecule has 0 amide bonds. The van der Waals surface area contributed by atoms with Crippen LogP contribution in [0.15, 0.2) is 41.1 Å². The van der Waals surface area contributed by atoms with E-state index in [2.05, 4.69) is 32.3 Å². The van der Waals surface area contributed by atoms with Crippen molar-refractivity contribution in [1.29, 1.82) is 0 Å². The number of benzene rings is 1.